The summed E-state index contributed by atoms with van der Waals surface area (Å²) in [6.07, 6.45) is 2.86. The van der Waals surface area contributed by atoms with Gasteiger partial charge < -0.3 is 5.11 Å². The summed E-state index contributed by atoms with van der Waals surface area (Å²) < 4.78 is 1.13. The molecule has 0 aliphatic heterocycles. The van der Waals surface area contributed by atoms with E-state index in [4.69, 9.17) is 0 Å². The maximum Gasteiger partial charge on any atom is 0.280 e. The fourth-order valence-corrected chi connectivity index (χ4v) is 1.92. The molecule has 0 amide bonds. The second kappa shape index (κ2) is 5.98. The predicted octanol–water partition coefficient (Wildman–Crippen LogP) is 2.45. The number of rotatable bonds is 3. The first-order valence-corrected chi connectivity index (χ1v) is 6.67. The first kappa shape index (κ1) is 13.8. The van der Waals surface area contributed by atoms with Gasteiger partial charge in [-0.15, -0.1) is 0 Å². The van der Waals surface area contributed by atoms with Crippen molar-refractivity contribution in [1.82, 2.24) is 10.2 Å². The quantitative estimate of drug-likeness (QED) is 0.557. The largest absolute Gasteiger partial charge is 0.507 e. The lowest BCUT2D eigenvalue weighted by atomic mass is 10.2. The Labute approximate surface area is 124 Å². The van der Waals surface area contributed by atoms with Crippen molar-refractivity contribution in [2.24, 2.45) is 5.10 Å². The fourth-order valence-electron chi connectivity index (χ4n) is 1.26. The normalized spacial score (nSPS) is 10.8. The zero-order valence-corrected chi connectivity index (χ0v) is 12.6. The summed E-state index contributed by atoms with van der Waals surface area (Å²) in [5, 5.41) is 19.5. The summed E-state index contributed by atoms with van der Waals surface area (Å²) in [4.78, 5) is 11.3. The SMILES string of the molecule is O=c1[nH]ncc(N/N=C\c2cc(Br)ccc2O)c1Br. The molecule has 0 radical (unpaired) electrons. The van der Waals surface area contributed by atoms with Crippen LogP contribution in [0.15, 0.2) is 43.2 Å². The molecule has 0 aliphatic carbocycles. The van der Waals surface area contributed by atoms with Crippen LogP contribution in [-0.2, 0) is 0 Å². The van der Waals surface area contributed by atoms with E-state index in [0.29, 0.717) is 15.7 Å². The number of hydrogen-bond acceptors (Lipinski definition) is 5. The smallest absolute Gasteiger partial charge is 0.280 e. The Balaban J connectivity index is 2.18. The van der Waals surface area contributed by atoms with Crippen LogP contribution in [0, 0.1) is 0 Å². The third-order valence-corrected chi connectivity index (χ3v) is 3.45. The Bertz CT molecular complexity index is 685. The molecule has 6 nitrogen and oxygen atoms in total. The van der Waals surface area contributed by atoms with Gasteiger partial charge in [-0.25, -0.2) is 5.10 Å². The maximum atomic E-state index is 11.3. The Hall–Kier alpha value is -1.67. The topological polar surface area (TPSA) is 90.4 Å². The standard InChI is InChI=1S/C11H8Br2N4O2/c12-7-1-2-9(18)6(3-7)4-14-16-8-5-15-17-11(19)10(8)13/h1-5,18H,(H2,16,17,19)/b14-4-. The molecule has 19 heavy (non-hydrogen) atoms. The minimum absolute atomic E-state index is 0.108. The summed E-state index contributed by atoms with van der Waals surface area (Å²) in [5.74, 6) is 0.108. The van der Waals surface area contributed by atoms with Crippen LogP contribution in [-0.4, -0.2) is 21.5 Å². The van der Waals surface area contributed by atoms with Gasteiger partial charge in [-0.1, -0.05) is 15.9 Å². The number of benzene rings is 1. The number of H-pyrrole nitrogens is 1. The van der Waals surface area contributed by atoms with Crippen molar-refractivity contribution in [2.45, 2.75) is 0 Å². The van der Waals surface area contributed by atoms with E-state index >= 15 is 0 Å². The average molecular weight is 388 g/mol. The average Bonchev–Trinajstić information content (AvgIpc) is 2.38. The Morgan fingerprint density at radius 3 is 3.00 bits per heavy atom. The second-order valence-electron chi connectivity index (χ2n) is 3.50. The number of halogens is 2. The zero-order chi connectivity index (χ0) is 13.8. The van der Waals surface area contributed by atoms with Crippen LogP contribution in [0.2, 0.25) is 0 Å². The van der Waals surface area contributed by atoms with Crippen molar-refractivity contribution >= 4 is 43.8 Å². The van der Waals surface area contributed by atoms with E-state index in [2.05, 4.69) is 52.6 Å². The van der Waals surface area contributed by atoms with Gasteiger partial charge in [0, 0.05) is 10.0 Å². The lowest BCUT2D eigenvalue weighted by Crippen LogP contribution is -2.10. The number of hydrazone groups is 1. The van der Waals surface area contributed by atoms with Crippen LogP contribution in [0.4, 0.5) is 5.69 Å². The second-order valence-corrected chi connectivity index (χ2v) is 5.21. The molecule has 1 heterocycles. The van der Waals surface area contributed by atoms with Crippen molar-refractivity contribution in [3.63, 3.8) is 0 Å². The molecule has 0 spiro atoms. The van der Waals surface area contributed by atoms with E-state index < -0.39 is 0 Å². The summed E-state index contributed by atoms with van der Waals surface area (Å²) in [6.45, 7) is 0. The first-order chi connectivity index (χ1) is 9.08. The number of hydrogen-bond donors (Lipinski definition) is 3. The lowest BCUT2D eigenvalue weighted by molar-refractivity contribution is 0.474. The van der Waals surface area contributed by atoms with Crippen LogP contribution in [0.1, 0.15) is 5.56 Å². The van der Waals surface area contributed by atoms with Gasteiger partial charge in [0.05, 0.1) is 18.1 Å². The number of aromatic nitrogens is 2. The Kier molecular flexibility index (Phi) is 4.33. The molecular formula is C11H8Br2N4O2. The van der Waals surface area contributed by atoms with Crippen molar-refractivity contribution in [3.8, 4) is 5.75 Å². The Morgan fingerprint density at radius 2 is 2.21 bits per heavy atom. The summed E-state index contributed by atoms with van der Waals surface area (Å²) >= 11 is 6.41. The molecule has 0 saturated carbocycles. The molecule has 0 aliphatic rings. The highest BCUT2D eigenvalue weighted by molar-refractivity contribution is 9.10. The highest BCUT2D eigenvalue weighted by atomic mass is 79.9. The van der Waals surface area contributed by atoms with Gasteiger partial charge in [-0.3, -0.25) is 10.2 Å². The number of phenolic OH excluding ortho intramolecular Hbond substituents is 1. The molecule has 2 aromatic rings. The van der Waals surface area contributed by atoms with E-state index in [1.54, 1.807) is 18.2 Å². The third kappa shape index (κ3) is 3.42. The van der Waals surface area contributed by atoms with E-state index in [-0.39, 0.29) is 11.3 Å². The molecule has 0 fully saturated rings. The van der Waals surface area contributed by atoms with Gasteiger partial charge in [0.15, 0.2) is 0 Å². The van der Waals surface area contributed by atoms with Crippen LogP contribution >= 0.6 is 31.9 Å². The number of phenols is 1. The first-order valence-electron chi connectivity index (χ1n) is 5.08. The summed E-state index contributed by atoms with van der Waals surface area (Å²) in [6, 6.07) is 4.99. The molecular weight excluding hydrogens is 380 g/mol. The van der Waals surface area contributed by atoms with Crippen molar-refractivity contribution < 1.29 is 5.11 Å². The molecule has 8 heteroatoms. The minimum atomic E-state index is -0.356. The number of aromatic amines is 1. The van der Waals surface area contributed by atoms with E-state index in [0.717, 1.165) is 4.47 Å². The molecule has 0 atom stereocenters. The minimum Gasteiger partial charge on any atom is -0.507 e. The fraction of sp³-hybridized carbons (Fsp3) is 0. The van der Waals surface area contributed by atoms with Crippen LogP contribution in [0.3, 0.4) is 0 Å². The molecule has 1 aromatic carbocycles. The van der Waals surface area contributed by atoms with E-state index in [1.165, 1.54) is 12.4 Å². The van der Waals surface area contributed by atoms with Crippen molar-refractivity contribution in [1.29, 1.82) is 0 Å². The van der Waals surface area contributed by atoms with Crippen LogP contribution < -0.4 is 11.0 Å². The van der Waals surface area contributed by atoms with Gasteiger partial charge in [-0.05, 0) is 34.1 Å². The number of nitrogens with zero attached hydrogens (tertiary/aromatic N) is 2. The van der Waals surface area contributed by atoms with Crippen LogP contribution in [0.25, 0.3) is 0 Å². The lowest BCUT2D eigenvalue weighted by Gasteiger charge is -2.02. The molecule has 98 valence electrons. The summed E-state index contributed by atoms with van der Waals surface area (Å²) in [5.41, 5.74) is 3.27. The molecule has 0 saturated heterocycles. The third-order valence-electron chi connectivity index (χ3n) is 2.17. The Morgan fingerprint density at radius 1 is 1.42 bits per heavy atom. The van der Waals surface area contributed by atoms with Gasteiger partial charge in [-0.2, -0.15) is 10.2 Å². The van der Waals surface area contributed by atoms with E-state index in [1.807, 2.05) is 0 Å². The molecule has 3 N–H and O–H groups in total. The maximum absolute atomic E-state index is 11.3. The van der Waals surface area contributed by atoms with E-state index in [9.17, 15) is 9.90 Å². The highest BCUT2D eigenvalue weighted by Gasteiger charge is 2.03. The number of nitrogens with one attached hydrogen (secondary N) is 2. The molecule has 2 rings (SSSR count). The van der Waals surface area contributed by atoms with Crippen molar-refractivity contribution in [3.05, 3.63) is 49.3 Å². The van der Waals surface area contributed by atoms with Gasteiger partial charge in [0.2, 0.25) is 0 Å². The predicted molar refractivity (Wildman–Crippen MR) is 79.6 cm³/mol. The highest BCUT2D eigenvalue weighted by Crippen LogP contribution is 2.20. The monoisotopic (exact) mass is 386 g/mol. The van der Waals surface area contributed by atoms with Crippen LogP contribution in [0.5, 0.6) is 5.75 Å². The van der Waals surface area contributed by atoms with Gasteiger partial charge in [0.25, 0.3) is 5.56 Å². The zero-order valence-electron chi connectivity index (χ0n) is 9.39. The molecule has 0 bridgehead atoms. The van der Waals surface area contributed by atoms with Gasteiger partial charge in [0.1, 0.15) is 10.2 Å². The van der Waals surface area contributed by atoms with Crippen molar-refractivity contribution in [2.75, 3.05) is 5.43 Å². The number of aromatic hydroxyl groups is 1. The number of anilines is 1. The molecule has 1 aromatic heterocycles. The van der Waals surface area contributed by atoms with Gasteiger partial charge >= 0.3 is 0 Å². The molecule has 0 unspecified atom stereocenters. The summed E-state index contributed by atoms with van der Waals surface area (Å²) in [7, 11) is 0.